The number of rotatable bonds is 3. The van der Waals surface area contributed by atoms with E-state index in [1.165, 1.54) is 4.68 Å². The van der Waals surface area contributed by atoms with Crippen LogP contribution in [0.5, 0.6) is 0 Å². The summed E-state index contributed by atoms with van der Waals surface area (Å²) in [5.74, 6) is 0.860. The Morgan fingerprint density at radius 2 is 1.97 bits per heavy atom. The number of fused-ring (bicyclic) bond motifs is 1. The second-order valence-corrected chi connectivity index (χ2v) is 7.83. The summed E-state index contributed by atoms with van der Waals surface area (Å²) >= 11 is 3.42. The van der Waals surface area contributed by atoms with Crippen molar-refractivity contribution >= 4 is 34.6 Å². The summed E-state index contributed by atoms with van der Waals surface area (Å²) in [4.78, 5) is 24.5. The molecule has 1 aliphatic rings. The molecule has 0 bridgehead atoms. The van der Waals surface area contributed by atoms with Gasteiger partial charge in [-0.1, -0.05) is 34.6 Å². The molecule has 4 aromatic rings. The Morgan fingerprint density at radius 3 is 2.80 bits per heavy atom. The number of aromatic amines is 1. The minimum absolute atomic E-state index is 0.218. The first-order valence-corrected chi connectivity index (χ1v) is 9.97. The van der Waals surface area contributed by atoms with E-state index >= 15 is 0 Å². The summed E-state index contributed by atoms with van der Waals surface area (Å²) in [6, 6.07) is 16.5. The van der Waals surface area contributed by atoms with E-state index in [1.54, 1.807) is 18.2 Å². The fourth-order valence-electron chi connectivity index (χ4n) is 3.46. The Kier molecular flexibility index (Phi) is 4.33. The van der Waals surface area contributed by atoms with Crippen molar-refractivity contribution < 1.29 is 13.9 Å². The van der Waals surface area contributed by atoms with Crippen LogP contribution in [0, 0.1) is 0 Å². The van der Waals surface area contributed by atoms with E-state index in [4.69, 9.17) is 9.15 Å². The van der Waals surface area contributed by atoms with Gasteiger partial charge in [0.1, 0.15) is 18.1 Å². The Labute approximate surface area is 178 Å². The maximum Gasteiger partial charge on any atom is 0.338 e. The Balaban J connectivity index is 1.53. The molecule has 0 aliphatic carbocycles. The maximum absolute atomic E-state index is 12.9. The van der Waals surface area contributed by atoms with Gasteiger partial charge in [0.2, 0.25) is 0 Å². The summed E-state index contributed by atoms with van der Waals surface area (Å²) in [6.45, 7) is 4.22. The summed E-state index contributed by atoms with van der Waals surface area (Å²) in [6.07, 6.45) is 1.67. The molecule has 30 heavy (non-hydrogen) atoms. The van der Waals surface area contributed by atoms with Crippen LogP contribution in [0.15, 0.2) is 68.3 Å². The lowest BCUT2D eigenvalue weighted by Gasteiger charge is -2.00. The van der Waals surface area contributed by atoms with Crippen molar-refractivity contribution in [3.63, 3.8) is 0 Å². The van der Waals surface area contributed by atoms with Gasteiger partial charge in [-0.2, -0.15) is 0 Å². The molecule has 0 fully saturated rings. The average molecular weight is 463 g/mol. The molecule has 148 valence electrons. The summed E-state index contributed by atoms with van der Waals surface area (Å²) in [5.41, 5.74) is 2.74. The van der Waals surface area contributed by atoms with Crippen LogP contribution in [0.2, 0.25) is 0 Å². The van der Waals surface area contributed by atoms with Gasteiger partial charge in [-0.05, 0) is 48.5 Å². The van der Waals surface area contributed by atoms with E-state index in [1.807, 2.05) is 42.5 Å². The first-order chi connectivity index (χ1) is 14.5. The van der Waals surface area contributed by atoms with E-state index in [9.17, 15) is 9.59 Å². The molecular weight excluding hydrogens is 448 g/mol. The van der Waals surface area contributed by atoms with Crippen LogP contribution in [0.25, 0.3) is 29.7 Å². The number of carbonyl (C=O) groups excluding carboxylic acids is 1. The SMILES string of the molecule is C=c1[nH]n(-c2cccc(Br)c2)c(=O)/c1=C\c1ccc(-c2ccc3c(c2)COC3=O)o1. The molecule has 3 heterocycles. The molecule has 0 spiro atoms. The number of ether oxygens (including phenoxy) is 1. The zero-order valence-electron chi connectivity index (χ0n) is 15.6. The van der Waals surface area contributed by atoms with Gasteiger partial charge < -0.3 is 9.15 Å². The van der Waals surface area contributed by atoms with Gasteiger partial charge in [0.05, 0.1) is 21.8 Å². The van der Waals surface area contributed by atoms with E-state index in [2.05, 4.69) is 27.6 Å². The van der Waals surface area contributed by atoms with E-state index in [0.717, 1.165) is 15.6 Å². The normalized spacial score (nSPS) is 13.5. The minimum Gasteiger partial charge on any atom is -0.457 e. The maximum atomic E-state index is 12.9. The largest absolute Gasteiger partial charge is 0.457 e. The van der Waals surface area contributed by atoms with Crippen molar-refractivity contribution in [2.45, 2.75) is 6.61 Å². The number of benzene rings is 2. The molecule has 7 heteroatoms. The highest BCUT2D eigenvalue weighted by Gasteiger charge is 2.21. The quantitative estimate of drug-likeness (QED) is 0.474. The van der Waals surface area contributed by atoms with Crippen molar-refractivity contribution in [2.75, 3.05) is 0 Å². The monoisotopic (exact) mass is 462 g/mol. The molecule has 1 N–H and O–H groups in total. The third kappa shape index (κ3) is 3.13. The number of furan rings is 1. The van der Waals surface area contributed by atoms with Crippen molar-refractivity contribution in [3.05, 3.63) is 96.9 Å². The second kappa shape index (κ2) is 7.03. The van der Waals surface area contributed by atoms with Crippen molar-refractivity contribution in [2.24, 2.45) is 0 Å². The van der Waals surface area contributed by atoms with Gasteiger partial charge in [0, 0.05) is 15.6 Å². The van der Waals surface area contributed by atoms with Gasteiger partial charge in [-0.3, -0.25) is 9.89 Å². The molecule has 0 radical (unpaired) electrons. The highest BCUT2D eigenvalue weighted by molar-refractivity contribution is 9.10. The number of nitrogens with one attached hydrogen (secondary N) is 1. The lowest BCUT2D eigenvalue weighted by Crippen LogP contribution is -2.33. The number of esters is 1. The van der Waals surface area contributed by atoms with Gasteiger partial charge >= 0.3 is 5.97 Å². The van der Waals surface area contributed by atoms with Gasteiger partial charge in [-0.25, -0.2) is 9.48 Å². The number of H-pyrrole nitrogens is 1. The van der Waals surface area contributed by atoms with E-state index in [0.29, 0.717) is 33.3 Å². The highest BCUT2D eigenvalue weighted by Crippen LogP contribution is 2.28. The zero-order chi connectivity index (χ0) is 20.8. The molecular formula is C23H15BrN2O4. The molecule has 2 aromatic heterocycles. The van der Waals surface area contributed by atoms with Crippen molar-refractivity contribution in [1.82, 2.24) is 9.78 Å². The predicted octanol–water partition coefficient (Wildman–Crippen LogP) is 3.10. The number of halogens is 1. The number of nitrogens with zero attached hydrogens (tertiary/aromatic N) is 1. The minimum atomic E-state index is -0.304. The average Bonchev–Trinajstić information content (AvgIpc) is 3.42. The van der Waals surface area contributed by atoms with Crippen LogP contribution in [-0.2, 0) is 11.3 Å². The van der Waals surface area contributed by atoms with Crippen LogP contribution >= 0.6 is 15.9 Å². The zero-order valence-corrected chi connectivity index (χ0v) is 17.2. The van der Waals surface area contributed by atoms with Crippen LogP contribution in [-0.4, -0.2) is 15.7 Å². The second-order valence-electron chi connectivity index (χ2n) is 6.92. The van der Waals surface area contributed by atoms with Gasteiger partial charge in [-0.15, -0.1) is 0 Å². The fraction of sp³-hybridized carbons (Fsp3) is 0.0435. The number of cyclic esters (lactones) is 1. The molecule has 0 saturated carbocycles. The molecule has 6 nitrogen and oxygen atoms in total. The van der Waals surface area contributed by atoms with Gasteiger partial charge in [0.15, 0.2) is 0 Å². The number of hydrogen-bond acceptors (Lipinski definition) is 4. The van der Waals surface area contributed by atoms with Crippen LogP contribution < -0.4 is 16.1 Å². The molecule has 0 amide bonds. The standard InChI is InChI=1S/C23H15BrN2O4/c1-13-20(22(27)26(25-13)17-4-2-3-16(24)10-17)11-18-6-8-21(30-18)14-5-7-19-15(9-14)12-29-23(19)28/h2-11,25H,1,12H2/b20-11-. The summed E-state index contributed by atoms with van der Waals surface area (Å²) in [5, 5.41) is 3.91. The fourth-order valence-corrected chi connectivity index (χ4v) is 3.84. The first-order valence-electron chi connectivity index (χ1n) is 9.17. The lowest BCUT2D eigenvalue weighted by molar-refractivity contribution is 0.0535. The van der Waals surface area contributed by atoms with Gasteiger partial charge in [0.25, 0.3) is 5.56 Å². The third-order valence-electron chi connectivity index (χ3n) is 4.95. The van der Waals surface area contributed by atoms with Crippen LogP contribution in [0.1, 0.15) is 21.7 Å². The first kappa shape index (κ1) is 18.4. The van der Waals surface area contributed by atoms with Crippen molar-refractivity contribution in [3.8, 4) is 17.0 Å². The predicted molar refractivity (Wildman–Crippen MR) is 116 cm³/mol. The summed E-state index contributed by atoms with van der Waals surface area (Å²) < 4.78 is 13.3. The molecule has 0 unspecified atom stereocenters. The third-order valence-corrected chi connectivity index (χ3v) is 5.45. The Bertz CT molecular complexity index is 1480. The molecule has 0 saturated heterocycles. The molecule has 0 atom stereocenters. The number of hydrogen-bond donors (Lipinski definition) is 1. The van der Waals surface area contributed by atoms with E-state index in [-0.39, 0.29) is 18.1 Å². The molecule has 1 aliphatic heterocycles. The molecule has 5 rings (SSSR count). The van der Waals surface area contributed by atoms with E-state index < -0.39 is 0 Å². The van der Waals surface area contributed by atoms with Crippen molar-refractivity contribution in [1.29, 1.82) is 0 Å². The van der Waals surface area contributed by atoms with Crippen LogP contribution in [0.3, 0.4) is 0 Å². The Morgan fingerprint density at radius 1 is 1.10 bits per heavy atom. The van der Waals surface area contributed by atoms with Crippen LogP contribution in [0.4, 0.5) is 0 Å². The lowest BCUT2D eigenvalue weighted by atomic mass is 10.0. The number of carbonyl (C=O) groups is 1. The topological polar surface area (TPSA) is 77.2 Å². The molecule has 2 aromatic carbocycles. The highest BCUT2D eigenvalue weighted by atomic mass is 79.9. The smallest absolute Gasteiger partial charge is 0.338 e. The summed E-state index contributed by atoms with van der Waals surface area (Å²) in [7, 11) is 0. The Hall–Kier alpha value is -3.58. The number of aromatic nitrogens is 2.